The average molecular weight is 524 g/mol. The average Bonchev–Trinajstić information content (AvgIpc) is 3.48. The van der Waals surface area contributed by atoms with Gasteiger partial charge in [-0.3, -0.25) is 9.59 Å². The van der Waals surface area contributed by atoms with E-state index in [0.717, 1.165) is 12.1 Å². The number of imidazole rings is 1. The fourth-order valence-corrected chi connectivity index (χ4v) is 4.90. The van der Waals surface area contributed by atoms with Gasteiger partial charge in [0.05, 0.1) is 23.1 Å². The molecule has 2 aliphatic rings. The topological polar surface area (TPSA) is 60.1 Å². The maximum Gasteiger partial charge on any atom is 0.416 e. The summed E-state index contributed by atoms with van der Waals surface area (Å²) in [5, 5.41) is 0. The lowest BCUT2D eigenvalue weighted by Crippen LogP contribution is -2.52. The normalized spacial score (nSPS) is 19.2. The molecule has 0 saturated heterocycles. The molecule has 196 valence electrons. The fraction of sp³-hybridized carbons (Fsp3) is 0.400. The first-order chi connectivity index (χ1) is 17.2. The number of rotatable bonds is 4. The molecule has 1 saturated carbocycles. The van der Waals surface area contributed by atoms with Gasteiger partial charge < -0.3 is 14.0 Å². The van der Waals surface area contributed by atoms with E-state index in [1.54, 1.807) is 24.6 Å². The Labute approximate surface area is 207 Å². The van der Waals surface area contributed by atoms with E-state index in [0.29, 0.717) is 24.2 Å². The zero-order valence-corrected chi connectivity index (χ0v) is 19.8. The zero-order chi connectivity index (χ0) is 26.9. The van der Waals surface area contributed by atoms with Crippen molar-refractivity contribution in [3.63, 3.8) is 0 Å². The summed E-state index contributed by atoms with van der Waals surface area (Å²) >= 11 is 0. The Bertz CT molecular complexity index is 1420. The largest absolute Gasteiger partial charge is 0.416 e. The van der Waals surface area contributed by atoms with Crippen LogP contribution in [0.15, 0.2) is 47.7 Å². The number of fused-ring (bicyclic) bond motifs is 1. The van der Waals surface area contributed by atoms with Crippen molar-refractivity contribution in [2.45, 2.75) is 57.0 Å². The SMILES string of the molecule is Cc1cn(-c2ccc3n(c2=O)C[C@@H](C)N(CC2(c4cc(C(F)(F)F)cc(C(F)(F)F)c4)CC2)C3=O)cn1. The van der Waals surface area contributed by atoms with E-state index in [1.165, 1.54) is 27.9 Å². The summed E-state index contributed by atoms with van der Waals surface area (Å²) in [5.74, 6) is -0.501. The Hall–Kier alpha value is -3.57. The van der Waals surface area contributed by atoms with Crippen LogP contribution in [-0.2, 0) is 24.3 Å². The first kappa shape index (κ1) is 25.1. The van der Waals surface area contributed by atoms with E-state index in [9.17, 15) is 35.9 Å². The van der Waals surface area contributed by atoms with Gasteiger partial charge in [-0.1, -0.05) is 0 Å². The highest BCUT2D eigenvalue weighted by Crippen LogP contribution is 2.51. The maximum atomic E-state index is 13.4. The smallest absolute Gasteiger partial charge is 0.332 e. The lowest BCUT2D eigenvalue weighted by molar-refractivity contribution is -0.143. The predicted octanol–water partition coefficient (Wildman–Crippen LogP) is 4.96. The molecule has 5 rings (SSSR count). The number of pyridine rings is 1. The first-order valence-electron chi connectivity index (χ1n) is 11.6. The van der Waals surface area contributed by atoms with Gasteiger partial charge in [-0.05, 0) is 62.6 Å². The van der Waals surface area contributed by atoms with Crippen molar-refractivity contribution in [2.24, 2.45) is 0 Å². The monoisotopic (exact) mass is 524 g/mol. The predicted molar refractivity (Wildman–Crippen MR) is 120 cm³/mol. The number of hydrogen-bond donors (Lipinski definition) is 0. The first-order valence-corrected chi connectivity index (χ1v) is 11.6. The van der Waals surface area contributed by atoms with Crippen LogP contribution in [0.25, 0.3) is 5.69 Å². The number of carbonyl (C=O) groups is 1. The van der Waals surface area contributed by atoms with E-state index in [-0.39, 0.29) is 30.4 Å². The second kappa shape index (κ2) is 8.22. The molecule has 3 aromatic rings. The van der Waals surface area contributed by atoms with Gasteiger partial charge in [0.25, 0.3) is 11.5 Å². The summed E-state index contributed by atoms with van der Waals surface area (Å²) in [6.45, 7) is 3.55. The zero-order valence-electron chi connectivity index (χ0n) is 19.8. The van der Waals surface area contributed by atoms with Gasteiger partial charge >= 0.3 is 12.4 Å². The number of carbonyl (C=O) groups excluding carboxylic acids is 1. The van der Waals surface area contributed by atoms with Crippen LogP contribution >= 0.6 is 0 Å². The minimum absolute atomic E-state index is 0.0533. The molecule has 1 aliphatic carbocycles. The van der Waals surface area contributed by atoms with E-state index in [4.69, 9.17) is 0 Å². The van der Waals surface area contributed by atoms with Gasteiger partial charge in [0.1, 0.15) is 11.4 Å². The Kier molecular flexibility index (Phi) is 5.57. The van der Waals surface area contributed by atoms with Crippen LogP contribution in [0.1, 0.15) is 52.6 Å². The van der Waals surface area contributed by atoms with Crippen LogP contribution in [0, 0.1) is 6.92 Å². The number of halogens is 6. The highest BCUT2D eigenvalue weighted by atomic mass is 19.4. The van der Waals surface area contributed by atoms with Crippen LogP contribution in [0.5, 0.6) is 0 Å². The molecule has 1 amide bonds. The third-order valence-corrected chi connectivity index (χ3v) is 7.13. The Morgan fingerprint density at radius 1 is 1.00 bits per heavy atom. The molecule has 0 spiro atoms. The molecule has 6 nitrogen and oxygen atoms in total. The highest BCUT2D eigenvalue weighted by molar-refractivity contribution is 5.93. The van der Waals surface area contributed by atoms with E-state index < -0.39 is 46.4 Å². The van der Waals surface area contributed by atoms with Gasteiger partial charge in [0, 0.05) is 30.7 Å². The summed E-state index contributed by atoms with van der Waals surface area (Å²) in [7, 11) is 0. The highest BCUT2D eigenvalue weighted by Gasteiger charge is 2.50. The van der Waals surface area contributed by atoms with Crippen LogP contribution in [0.3, 0.4) is 0 Å². The third-order valence-electron chi connectivity index (χ3n) is 7.13. The van der Waals surface area contributed by atoms with Gasteiger partial charge in [-0.25, -0.2) is 4.98 Å². The molecular weight excluding hydrogens is 502 g/mol. The number of hydrogen-bond acceptors (Lipinski definition) is 3. The second-order valence-electron chi connectivity index (χ2n) is 9.80. The van der Waals surface area contributed by atoms with E-state index in [2.05, 4.69) is 4.98 Å². The molecule has 37 heavy (non-hydrogen) atoms. The maximum absolute atomic E-state index is 13.4. The van der Waals surface area contributed by atoms with Gasteiger partial charge in [0.2, 0.25) is 0 Å². The Balaban J connectivity index is 1.49. The molecule has 3 heterocycles. The van der Waals surface area contributed by atoms with Crippen LogP contribution < -0.4 is 5.56 Å². The van der Waals surface area contributed by atoms with E-state index in [1.807, 2.05) is 0 Å². The summed E-state index contributed by atoms with van der Waals surface area (Å²) in [6.07, 6.45) is -6.06. The van der Waals surface area contributed by atoms with Crippen molar-refractivity contribution in [1.29, 1.82) is 0 Å². The molecule has 12 heteroatoms. The number of nitrogens with zero attached hydrogens (tertiary/aromatic N) is 4. The summed E-state index contributed by atoms with van der Waals surface area (Å²) in [4.78, 5) is 32.1. The van der Waals surface area contributed by atoms with Crippen LogP contribution in [-0.4, -0.2) is 37.5 Å². The lowest BCUT2D eigenvalue weighted by atomic mass is 9.90. The van der Waals surface area contributed by atoms with Crippen molar-refractivity contribution in [2.75, 3.05) is 6.54 Å². The van der Waals surface area contributed by atoms with Gasteiger partial charge in [-0.2, -0.15) is 26.3 Å². The number of benzene rings is 1. The van der Waals surface area contributed by atoms with Crippen LogP contribution in [0.2, 0.25) is 0 Å². The van der Waals surface area contributed by atoms with Gasteiger partial charge in [-0.15, -0.1) is 0 Å². The van der Waals surface area contributed by atoms with Crippen molar-refractivity contribution in [1.82, 2.24) is 19.0 Å². The second-order valence-corrected chi connectivity index (χ2v) is 9.80. The molecule has 0 unspecified atom stereocenters. The Morgan fingerprint density at radius 2 is 1.62 bits per heavy atom. The van der Waals surface area contributed by atoms with Crippen LogP contribution in [0.4, 0.5) is 26.3 Å². The number of aromatic nitrogens is 3. The quantitative estimate of drug-likeness (QED) is 0.454. The molecule has 0 bridgehead atoms. The summed E-state index contributed by atoms with van der Waals surface area (Å²) in [6, 6.07) is 4.09. The van der Waals surface area contributed by atoms with Crippen molar-refractivity contribution in [3.8, 4) is 5.69 Å². The summed E-state index contributed by atoms with van der Waals surface area (Å²) in [5.41, 5.74) is -3.15. The lowest BCUT2D eigenvalue weighted by Gasteiger charge is -2.38. The standard InChI is InChI=1S/C25H22F6N4O2/c1-14-10-33(13-32-14)19-3-4-20-22(37)35(15(2)11-34(20)21(19)36)12-23(5-6-23)16-7-17(24(26,27)28)9-18(8-16)25(29,30)31/h3-4,7-10,13,15H,5-6,11-12H2,1-2H3/t15-/m1/s1. The van der Waals surface area contributed by atoms with Crippen molar-refractivity contribution < 1.29 is 31.1 Å². The molecule has 1 aromatic carbocycles. The summed E-state index contributed by atoms with van der Waals surface area (Å²) < 4.78 is 83.4. The number of aryl methyl sites for hydroxylation is 1. The molecular formula is C25H22F6N4O2. The minimum atomic E-state index is -4.95. The number of alkyl halides is 6. The fourth-order valence-electron chi connectivity index (χ4n) is 4.90. The Morgan fingerprint density at radius 3 is 2.14 bits per heavy atom. The molecule has 0 N–H and O–H groups in total. The van der Waals surface area contributed by atoms with Gasteiger partial charge in [0.15, 0.2) is 0 Å². The minimum Gasteiger partial charge on any atom is -0.332 e. The molecule has 2 aromatic heterocycles. The number of amides is 1. The molecule has 1 aliphatic heterocycles. The van der Waals surface area contributed by atoms with Crippen molar-refractivity contribution >= 4 is 5.91 Å². The molecule has 1 atom stereocenters. The third kappa shape index (κ3) is 4.42. The molecule has 0 radical (unpaired) electrons. The molecule has 1 fully saturated rings. The van der Waals surface area contributed by atoms with E-state index >= 15 is 0 Å². The van der Waals surface area contributed by atoms with Crippen molar-refractivity contribution in [3.05, 3.63) is 81.3 Å².